The molecule has 1 N–H and O–H groups in total. The van der Waals surface area contributed by atoms with Crippen LogP contribution in [0.4, 0.5) is 5.69 Å². The van der Waals surface area contributed by atoms with Crippen molar-refractivity contribution in [2.24, 2.45) is 0 Å². The van der Waals surface area contributed by atoms with Gasteiger partial charge in [-0.15, -0.1) is 0 Å². The number of nitrogens with one attached hydrogen (secondary N) is 1. The number of nitriles is 1. The van der Waals surface area contributed by atoms with Crippen molar-refractivity contribution in [1.82, 2.24) is 0 Å². The van der Waals surface area contributed by atoms with E-state index < -0.39 is 0 Å². The Morgan fingerprint density at radius 1 is 1.19 bits per heavy atom. The maximum atomic E-state index is 8.59. The molecule has 2 aromatic carbocycles. The Morgan fingerprint density at radius 2 is 2.00 bits per heavy atom. The standard InChI is InChI=1S/C16H15ClN2O2/c1-20-16-7-6-13(10-14(16)17)19-11-12-4-2-3-5-15(12)21-9-8-18/h2-7,10,19H,9,11H2,1H3. The minimum Gasteiger partial charge on any atom is -0.495 e. The maximum Gasteiger partial charge on any atom is 0.174 e. The second kappa shape index (κ2) is 7.41. The highest BCUT2D eigenvalue weighted by Gasteiger charge is 2.05. The van der Waals surface area contributed by atoms with E-state index >= 15 is 0 Å². The van der Waals surface area contributed by atoms with Crippen LogP contribution in [0.2, 0.25) is 5.02 Å². The Morgan fingerprint density at radius 3 is 2.71 bits per heavy atom. The number of hydrogen-bond acceptors (Lipinski definition) is 4. The second-order valence-electron chi connectivity index (χ2n) is 4.26. The number of para-hydroxylation sites is 1. The molecule has 21 heavy (non-hydrogen) atoms. The van der Waals surface area contributed by atoms with Crippen molar-refractivity contribution in [2.75, 3.05) is 19.0 Å². The molecule has 0 unspecified atom stereocenters. The van der Waals surface area contributed by atoms with E-state index in [2.05, 4.69) is 5.32 Å². The highest BCUT2D eigenvalue weighted by Crippen LogP contribution is 2.28. The molecule has 0 saturated carbocycles. The first-order chi connectivity index (χ1) is 10.2. The van der Waals surface area contributed by atoms with Crippen molar-refractivity contribution >= 4 is 17.3 Å². The summed E-state index contributed by atoms with van der Waals surface area (Å²) in [5, 5.41) is 12.4. The molecule has 0 heterocycles. The van der Waals surface area contributed by atoms with Crippen LogP contribution >= 0.6 is 11.6 Å². The fraction of sp³-hybridized carbons (Fsp3) is 0.188. The van der Waals surface area contributed by atoms with Gasteiger partial charge in [-0.05, 0) is 24.3 Å². The Kier molecular flexibility index (Phi) is 5.30. The lowest BCUT2D eigenvalue weighted by Gasteiger charge is -2.12. The lowest BCUT2D eigenvalue weighted by molar-refractivity contribution is 0.364. The Labute approximate surface area is 128 Å². The second-order valence-corrected chi connectivity index (χ2v) is 4.66. The number of rotatable bonds is 6. The molecule has 0 atom stereocenters. The van der Waals surface area contributed by atoms with Gasteiger partial charge < -0.3 is 14.8 Å². The average molecular weight is 303 g/mol. The normalized spacial score (nSPS) is 9.76. The number of ether oxygens (including phenoxy) is 2. The zero-order valence-electron chi connectivity index (χ0n) is 11.6. The molecule has 0 radical (unpaired) electrons. The monoisotopic (exact) mass is 302 g/mol. The summed E-state index contributed by atoms with van der Waals surface area (Å²) >= 11 is 6.09. The average Bonchev–Trinajstić information content (AvgIpc) is 2.52. The topological polar surface area (TPSA) is 54.3 Å². The summed E-state index contributed by atoms with van der Waals surface area (Å²) in [5.41, 5.74) is 1.86. The molecular formula is C16H15ClN2O2. The van der Waals surface area contributed by atoms with E-state index in [1.165, 1.54) is 0 Å². The van der Waals surface area contributed by atoms with Gasteiger partial charge in [0.05, 0.1) is 12.1 Å². The molecule has 0 aliphatic carbocycles. The minimum atomic E-state index is 0.0331. The van der Waals surface area contributed by atoms with E-state index in [0.717, 1.165) is 11.3 Å². The molecule has 2 rings (SSSR count). The molecule has 0 aromatic heterocycles. The van der Waals surface area contributed by atoms with Crippen LogP contribution in [0.25, 0.3) is 0 Å². The largest absolute Gasteiger partial charge is 0.495 e. The van der Waals surface area contributed by atoms with Gasteiger partial charge in [-0.1, -0.05) is 29.8 Å². The fourth-order valence-corrected chi connectivity index (χ4v) is 2.13. The van der Waals surface area contributed by atoms with Gasteiger partial charge in [0.15, 0.2) is 6.61 Å². The van der Waals surface area contributed by atoms with Crippen molar-refractivity contribution in [3.05, 3.63) is 53.1 Å². The summed E-state index contributed by atoms with van der Waals surface area (Å²) in [6.45, 7) is 0.607. The number of benzene rings is 2. The Bertz CT molecular complexity index is 653. The molecule has 0 aliphatic rings. The van der Waals surface area contributed by atoms with E-state index in [1.807, 2.05) is 42.5 Å². The molecule has 4 nitrogen and oxygen atoms in total. The van der Waals surface area contributed by atoms with Crippen LogP contribution in [0.3, 0.4) is 0 Å². The maximum absolute atomic E-state index is 8.59. The molecule has 0 spiro atoms. The zero-order valence-corrected chi connectivity index (χ0v) is 12.4. The summed E-state index contributed by atoms with van der Waals surface area (Å²) in [7, 11) is 1.58. The quantitative estimate of drug-likeness (QED) is 0.880. The van der Waals surface area contributed by atoms with Crippen LogP contribution in [0.1, 0.15) is 5.56 Å². The summed E-state index contributed by atoms with van der Waals surface area (Å²) in [5.74, 6) is 1.34. The minimum absolute atomic E-state index is 0.0331. The summed E-state index contributed by atoms with van der Waals surface area (Å²) in [6.07, 6.45) is 0. The molecule has 0 aliphatic heterocycles. The fourth-order valence-electron chi connectivity index (χ4n) is 1.87. The van der Waals surface area contributed by atoms with Gasteiger partial charge >= 0.3 is 0 Å². The highest BCUT2D eigenvalue weighted by atomic mass is 35.5. The van der Waals surface area contributed by atoms with E-state index in [-0.39, 0.29) is 6.61 Å². The first kappa shape index (κ1) is 15.0. The summed E-state index contributed by atoms with van der Waals surface area (Å²) in [6, 6.07) is 15.1. The third-order valence-corrected chi connectivity index (χ3v) is 3.19. The van der Waals surface area contributed by atoms with E-state index in [0.29, 0.717) is 23.1 Å². The molecule has 0 bridgehead atoms. The number of nitrogens with zero attached hydrogens (tertiary/aromatic N) is 1. The van der Waals surface area contributed by atoms with Crippen LogP contribution in [0.5, 0.6) is 11.5 Å². The van der Waals surface area contributed by atoms with E-state index in [4.69, 9.17) is 26.3 Å². The first-order valence-corrected chi connectivity index (χ1v) is 6.77. The lowest BCUT2D eigenvalue weighted by Crippen LogP contribution is -2.03. The molecule has 2 aromatic rings. The molecular weight excluding hydrogens is 288 g/mol. The SMILES string of the molecule is COc1ccc(NCc2ccccc2OCC#N)cc1Cl. The third-order valence-electron chi connectivity index (χ3n) is 2.90. The highest BCUT2D eigenvalue weighted by molar-refractivity contribution is 6.32. The van der Waals surface area contributed by atoms with Crippen LogP contribution in [0, 0.1) is 11.3 Å². The number of methoxy groups -OCH3 is 1. The van der Waals surface area contributed by atoms with Crippen molar-refractivity contribution < 1.29 is 9.47 Å². The van der Waals surface area contributed by atoms with Gasteiger partial charge in [-0.2, -0.15) is 5.26 Å². The predicted octanol–water partition coefficient (Wildman–Crippen LogP) is 3.86. The van der Waals surface area contributed by atoms with Crippen molar-refractivity contribution in [3.63, 3.8) is 0 Å². The van der Waals surface area contributed by atoms with Crippen LogP contribution < -0.4 is 14.8 Å². The number of anilines is 1. The van der Waals surface area contributed by atoms with Crippen molar-refractivity contribution in [1.29, 1.82) is 5.26 Å². The van der Waals surface area contributed by atoms with Gasteiger partial charge in [0.2, 0.25) is 0 Å². The predicted molar refractivity (Wildman–Crippen MR) is 82.9 cm³/mol. The zero-order chi connectivity index (χ0) is 15.1. The first-order valence-electron chi connectivity index (χ1n) is 6.39. The van der Waals surface area contributed by atoms with Crippen LogP contribution in [-0.2, 0) is 6.54 Å². The van der Waals surface area contributed by atoms with Gasteiger partial charge in [-0.25, -0.2) is 0 Å². The third kappa shape index (κ3) is 4.04. The van der Waals surface area contributed by atoms with E-state index in [1.54, 1.807) is 13.2 Å². The number of hydrogen-bond donors (Lipinski definition) is 1. The Balaban J connectivity index is 2.06. The smallest absolute Gasteiger partial charge is 0.174 e. The summed E-state index contributed by atoms with van der Waals surface area (Å²) < 4.78 is 10.5. The van der Waals surface area contributed by atoms with Gasteiger partial charge in [0, 0.05) is 17.8 Å². The van der Waals surface area contributed by atoms with Gasteiger partial charge in [-0.3, -0.25) is 0 Å². The lowest BCUT2D eigenvalue weighted by atomic mass is 10.2. The number of halogens is 1. The Hall–Kier alpha value is -2.38. The van der Waals surface area contributed by atoms with Crippen LogP contribution in [-0.4, -0.2) is 13.7 Å². The molecule has 5 heteroatoms. The van der Waals surface area contributed by atoms with Gasteiger partial charge in [0.1, 0.15) is 17.6 Å². The summed E-state index contributed by atoms with van der Waals surface area (Å²) in [4.78, 5) is 0. The molecule has 0 amide bonds. The molecule has 108 valence electrons. The molecule has 0 saturated heterocycles. The molecule has 0 fully saturated rings. The van der Waals surface area contributed by atoms with E-state index in [9.17, 15) is 0 Å². The van der Waals surface area contributed by atoms with Crippen molar-refractivity contribution in [2.45, 2.75) is 6.54 Å². The van der Waals surface area contributed by atoms with Crippen LogP contribution in [0.15, 0.2) is 42.5 Å². The van der Waals surface area contributed by atoms with Crippen molar-refractivity contribution in [3.8, 4) is 17.6 Å². The van der Waals surface area contributed by atoms with Gasteiger partial charge in [0.25, 0.3) is 0 Å².